The van der Waals surface area contributed by atoms with Gasteiger partial charge in [0.15, 0.2) is 0 Å². The van der Waals surface area contributed by atoms with Crippen LogP contribution in [0.15, 0.2) is 35.5 Å². The minimum atomic E-state index is -4.38. The molecule has 270 valence electrons. The van der Waals surface area contributed by atoms with Gasteiger partial charge >= 0.3 is 12.1 Å². The molecule has 11 atom stereocenters. The third-order valence-corrected chi connectivity index (χ3v) is 16.4. The average molecular weight is 677 g/mol. The Morgan fingerprint density at radius 3 is 2.25 bits per heavy atom. The zero-order valence-corrected chi connectivity index (χ0v) is 30.2. The Hall–Kier alpha value is -1.67. The van der Waals surface area contributed by atoms with Crippen LogP contribution in [0, 0.1) is 56.7 Å². The van der Waals surface area contributed by atoms with E-state index in [0.717, 1.165) is 63.4 Å². The Labute approximate surface area is 285 Å². The zero-order valence-electron chi connectivity index (χ0n) is 30.2. The van der Waals surface area contributed by atoms with Crippen LogP contribution in [0.2, 0.25) is 0 Å². The summed E-state index contributed by atoms with van der Waals surface area (Å²) in [4.78, 5) is 11.9. The van der Waals surface area contributed by atoms with Crippen LogP contribution in [0.4, 0.5) is 17.6 Å². The van der Waals surface area contributed by atoms with Crippen molar-refractivity contribution in [3.05, 3.63) is 35.5 Å². The maximum atomic E-state index is 14.2. The van der Waals surface area contributed by atoms with Gasteiger partial charge in [-0.3, -0.25) is 10.1 Å². The van der Waals surface area contributed by atoms with Gasteiger partial charge in [-0.1, -0.05) is 58.9 Å². The molecule has 6 aliphatic carbocycles. The maximum Gasteiger partial charge on any atom is 0.405 e. The van der Waals surface area contributed by atoms with Gasteiger partial charge in [-0.25, -0.2) is 4.39 Å². The van der Waals surface area contributed by atoms with E-state index >= 15 is 0 Å². The fourth-order valence-corrected chi connectivity index (χ4v) is 13.7. The molecular formula is C40H60F4N2O2. The third-order valence-electron chi connectivity index (χ3n) is 16.4. The quantitative estimate of drug-likeness (QED) is 0.186. The van der Waals surface area contributed by atoms with Crippen LogP contribution in [0.3, 0.4) is 0 Å². The van der Waals surface area contributed by atoms with Gasteiger partial charge in [-0.05, 0) is 146 Å². The van der Waals surface area contributed by atoms with E-state index in [-0.39, 0.29) is 39.9 Å². The second kappa shape index (κ2) is 11.7. The number of hydrogen-bond acceptors (Lipinski definition) is 3. The predicted molar refractivity (Wildman–Crippen MR) is 183 cm³/mol. The standard InChI is InChI=1S/C40H60F4N2O2/c1-24(2)26-12-19-39(46-31(22-45)40(42,43)44)21-20-36(6)28(32(26)39)8-9-30-35(5)15-13-27(34(3,4)29(35)14-16-37(30,36)7)25-10-17-38(23-41,18-11-25)33(47)48/h10,13,26,28-32,46H,1,8-9,11-12,14-23,45H2,2-7H3,(H,47,48)/t26-,28?,29-,30+,31?,32+,35-,36+,37+,38-,39+/m0/s1. The molecule has 0 radical (unpaired) electrons. The smallest absolute Gasteiger partial charge is 0.405 e. The fourth-order valence-electron chi connectivity index (χ4n) is 13.7. The van der Waals surface area contributed by atoms with Crippen molar-refractivity contribution < 1.29 is 27.5 Å². The molecule has 4 N–H and O–H groups in total. The Morgan fingerprint density at radius 1 is 0.979 bits per heavy atom. The zero-order chi connectivity index (χ0) is 35.3. The van der Waals surface area contributed by atoms with Crippen LogP contribution in [-0.2, 0) is 4.79 Å². The SMILES string of the molecule is C=C(C)[C@@H]1CC[C@@]2(NC(CN)C(F)(F)F)CC[C@]3(C)C(CC[C@@H]4[C@@]5(C)CC=C(C6=CC[C@](CF)(C(=O)O)CC6)C(C)(C)[C@@H]5CC[C@]43C)[C@@H]12. The molecule has 4 fully saturated rings. The highest BCUT2D eigenvalue weighted by molar-refractivity contribution is 5.75. The summed E-state index contributed by atoms with van der Waals surface area (Å²) in [5.74, 6) is 0.543. The van der Waals surface area contributed by atoms with Crippen molar-refractivity contribution in [2.24, 2.45) is 62.4 Å². The van der Waals surface area contributed by atoms with Gasteiger partial charge < -0.3 is 10.8 Å². The topological polar surface area (TPSA) is 75.3 Å². The molecule has 8 heteroatoms. The molecular weight excluding hydrogens is 616 g/mol. The first kappa shape index (κ1) is 36.1. The molecule has 0 amide bonds. The normalized spacial score (nSPS) is 45.9. The highest BCUT2D eigenvalue weighted by Gasteiger charge is 2.71. The number of fused-ring (bicyclic) bond motifs is 7. The van der Waals surface area contributed by atoms with E-state index in [2.05, 4.69) is 59.5 Å². The van der Waals surface area contributed by atoms with Gasteiger partial charge in [0.05, 0.1) is 5.41 Å². The summed E-state index contributed by atoms with van der Waals surface area (Å²) in [6.45, 7) is 17.5. The minimum Gasteiger partial charge on any atom is -0.481 e. The molecule has 48 heavy (non-hydrogen) atoms. The van der Waals surface area contributed by atoms with Gasteiger partial charge in [0.2, 0.25) is 0 Å². The lowest BCUT2D eigenvalue weighted by molar-refractivity contribution is -0.225. The maximum absolute atomic E-state index is 14.2. The Bertz CT molecular complexity index is 1390. The molecule has 6 rings (SSSR count). The highest BCUT2D eigenvalue weighted by Crippen LogP contribution is 2.76. The van der Waals surface area contributed by atoms with Gasteiger partial charge in [0.1, 0.15) is 12.7 Å². The van der Waals surface area contributed by atoms with Crippen LogP contribution in [0.25, 0.3) is 0 Å². The lowest BCUT2D eigenvalue weighted by Crippen LogP contribution is -2.69. The summed E-state index contributed by atoms with van der Waals surface area (Å²) in [6.07, 6.45) is 9.79. The average Bonchev–Trinajstić information content (AvgIpc) is 3.39. The molecule has 0 spiro atoms. The number of allylic oxidation sites excluding steroid dienone is 5. The van der Waals surface area contributed by atoms with Gasteiger partial charge in [0.25, 0.3) is 0 Å². The van der Waals surface area contributed by atoms with Gasteiger partial charge in [0, 0.05) is 12.1 Å². The molecule has 0 aliphatic heterocycles. The summed E-state index contributed by atoms with van der Waals surface area (Å²) in [6, 6.07) is -1.70. The Morgan fingerprint density at radius 2 is 1.69 bits per heavy atom. The van der Waals surface area contributed by atoms with E-state index < -0.39 is 42.4 Å². The van der Waals surface area contributed by atoms with Crippen molar-refractivity contribution >= 4 is 5.97 Å². The molecule has 4 saturated carbocycles. The van der Waals surface area contributed by atoms with Crippen LogP contribution < -0.4 is 11.1 Å². The summed E-state index contributed by atoms with van der Waals surface area (Å²) in [5, 5.41) is 13.0. The predicted octanol–water partition coefficient (Wildman–Crippen LogP) is 9.56. The van der Waals surface area contributed by atoms with Crippen molar-refractivity contribution in [1.82, 2.24) is 5.32 Å². The molecule has 2 unspecified atom stereocenters. The number of hydrogen-bond donors (Lipinski definition) is 3. The number of halogens is 4. The molecule has 0 aromatic carbocycles. The number of alkyl halides is 4. The second-order valence-electron chi connectivity index (χ2n) is 18.5. The first-order chi connectivity index (χ1) is 22.3. The highest BCUT2D eigenvalue weighted by atomic mass is 19.4. The number of carboxylic acid groups (broad SMARTS) is 1. The van der Waals surface area contributed by atoms with Crippen LogP contribution in [0.1, 0.15) is 119 Å². The first-order valence-corrected chi connectivity index (χ1v) is 18.7. The van der Waals surface area contributed by atoms with E-state index in [0.29, 0.717) is 30.6 Å². The fraction of sp³-hybridized carbons (Fsp3) is 0.825. The summed E-state index contributed by atoms with van der Waals surface area (Å²) in [5.41, 5.74) is 7.54. The number of carboxylic acids is 1. The molecule has 6 aliphatic rings. The molecule has 0 heterocycles. The molecule has 0 saturated heterocycles. The Kier molecular flexibility index (Phi) is 8.79. The van der Waals surface area contributed by atoms with E-state index in [4.69, 9.17) is 5.73 Å². The van der Waals surface area contributed by atoms with Crippen molar-refractivity contribution in [2.75, 3.05) is 13.2 Å². The number of nitrogens with one attached hydrogen (secondary N) is 1. The second-order valence-corrected chi connectivity index (χ2v) is 18.5. The first-order valence-electron chi connectivity index (χ1n) is 18.7. The Balaban J connectivity index is 1.32. The number of carbonyl (C=O) groups is 1. The lowest BCUT2D eigenvalue weighted by atomic mass is 9.33. The van der Waals surface area contributed by atoms with Gasteiger partial charge in [-0.15, -0.1) is 0 Å². The van der Waals surface area contributed by atoms with Crippen LogP contribution >= 0.6 is 0 Å². The van der Waals surface area contributed by atoms with Crippen molar-refractivity contribution in [3.8, 4) is 0 Å². The van der Waals surface area contributed by atoms with Crippen LogP contribution in [-0.4, -0.2) is 42.1 Å². The molecule has 0 aromatic heterocycles. The van der Waals surface area contributed by atoms with Crippen molar-refractivity contribution in [3.63, 3.8) is 0 Å². The number of nitrogens with two attached hydrogens (primary N) is 1. The number of rotatable bonds is 7. The lowest BCUT2D eigenvalue weighted by Gasteiger charge is -2.72. The van der Waals surface area contributed by atoms with E-state index in [1.807, 2.05) is 6.08 Å². The summed E-state index contributed by atoms with van der Waals surface area (Å²) in [7, 11) is 0. The van der Waals surface area contributed by atoms with Gasteiger partial charge in [-0.2, -0.15) is 13.2 Å². The van der Waals surface area contributed by atoms with Crippen molar-refractivity contribution in [2.45, 2.75) is 136 Å². The van der Waals surface area contributed by atoms with E-state index in [1.54, 1.807) is 0 Å². The minimum absolute atomic E-state index is 0.000781. The molecule has 0 bridgehead atoms. The van der Waals surface area contributed by atoms with Crippen molar-refractivity contribution in [1.29, 1.82) is 0 Å². The van der Waals surface area contributed by atoms with Crippen LogP contribution in [0.5, 0.6) is 0 Å². The molecule has 4 nitrogen and oxygen atoms in total. The number of aliphatic carboxylic acids is 1. The van der Waals surface area contributed by atoms with E-state index in [1.165, 1.54) is 11.1 Å². The summed E-state index contributed by atoms with van der Waals surface area (Å²) < 4.78 is 56.4. The summed E-state index contributed by atoms with van der Waals surface area (Å²) >= 11 is 0. The largest absolute Gasteiger partial charge is 0.481 e. The van der Waals surface area contributed by atoms with E-state index in [9.17, 15) is 27.5 Å². The third kappa shape index (κ3) is 4.98. The monoisotopic (exact) mass is 676 g/mol. The molecule has 0 aromatic rings.